The molecular formula is C13H13NO. The molecule has 15 heavy (non-hydrogen) atoms. The fraction of sp³-hybridized carbons (Fsp3) is 0.231. The Balaban J connectivity index is 2.49. The second-order valence-corrected chi connectivity index (χ2v) is 3.41. The van der Waals surface area contributed by atoms with Gasteiger partial charge in [0.2, 0.25) is 0 Å². The molecule has 0 bridgehead atoms. The van der Waals surface area contributed by atoms with Gasteiger partial charge >= 0.3 is 0 Å². The Morgan fingerprint density at radius 3 is 2.93 bits per heavy atom. The lowest BCUT2D eigenvalue weighted by Crippen LogP contribution is -1.82. The molecule has 0 atom stereocenters. The van der Waals surface area contributed by atoms with E-state index in [0.29, 0.717) is 6.61 Å². The standard InChI is InChI=1S/C13H13NO/c1-14-10-11(6-5-9-15-2)12-7-3-4-8-13(12)14/h3-4,7-8,10H,9H2,1-2H3. The predicted octanol–water partition coefficient (Wildman–Crippen LogP) is 2.18. The van der Waals surface area contributed by atoms with Gasteiger partial charge in [-0.3, -0.25) is 0 Å². The van der Waals surface area contributed by atoms with Crippen LogP contribution in [0.15, 0.2) is 30.5 Å². The van der Waals surface area contributed by atoms with Crippen molar-refractivity contribution in [2.24, 2.45) is 7.05 Å². The van der Waals surface area contributed by atoms with Crippen LogP contribution in [-0.4, -0.2) is 18.3 Å². The first-order valence-corrected chi connectivity index (χ1v) is 4.85. The summed E-state index contributed by atoms with van der Waals surface area (Å²) in [5.74, 6) is 6.08. The largest absolute Gasteiger partial charge is 0.372 e. The number of para-hydroxylation sites is 1. The Hall–Kier alpha value is -1.72. The zero-order chi connectivity index (χ0) is 10.7. The number of hydrogen-bond donors (Lipinski definition) is 0. The Morgan fingerprint density at radius 1 is 1.33 bits per heavy atom. The maximum absolute atomic E-state index is 4.90. The Kier molecular flexibility index (Phi) is 2.75. The van der Waals surface area contributed by atoms with E-state index in [0.717, 1.165) is 5.56 Å². The Morgan fingerprint density at radius 2 is 2.13 bits per heavy atom. The van der Waals surface area contributed by atoms with Crippen LogP contribution in [0.5, 0.6) is 0 Å². The minimum absolute atomic E-state index is 0.475. The van der Waals surface area contributed by atoms with E-state index in [9.17, 15) is 0 Å². The molecule has 0 fully saturated rings. The van der Waals surface area contributed by atoms with Crippen molar-refractivity contribution in [1.29, 1.82) is 0 Å². The third-order valence-corrected chi connectivity index (χ3v) is 2.34. The molecule has 2 heteroatoms. The van der Waals surface area contributed by atoms with Crippen molar-refractivity contribution >= 4 is 10.9 Å². The topological polar surface area (TPSA) is 14.2 Å². The van der Waals surface area contributed by atoms with Crippen molar-refractivity contribution in [2.75, 3.05) is 13.7 Å². The minimum atomic E-state index is 0.475. The van der Waals surface area contributed by atoms with Crippen LogP contribution in [0, 0.1) is 11.8 Å². The Labute approximate surface area is 89.5 Å². The van der Waals surface area contributed by atoms with Gasteiger partial charge in [0.25, 0.3) is 0 Å². The highest BCUT2D eigenvalue weighted by Crippen LogP contribution is 2.18. The van der Waals surface area contributed by atoms with E-state index in [1.807, 2.05) is 25.4 Å². The van der Waals surface area contributed by atoms with Crippen LogP contribution in [0.25, 0.3) is 10.9 Å². The van der Waals surface area contributed by atoms with E-state index in [4.69, 9.17) is 4.74 Å². The van der Waals surface area contributed by atoms with E-state index in [-0.39, 0.29) is 0 Å². The molecule has 0 radical (unpaired) electrons. The number of rotatable bonds is 1. The first kappa shape index (κ1) is 9.82. The van der Waals surface area contributed by atoms with Gasteiger partial charge in [0, 0.05) is 31.3 Å². The smallest absolute Gasteiger partial charge is 0.107 e. The lowest BCUT2D eigenvalue weighted by molar-refractivity contribution is 0.240. The van der Waals surface area contributed by atoms with Gasteiger partial charge in [0.05, 0.1) is 5.56 Å². The number of aromatic nitrogens is 1. The lowest BCUT2D eigenvalue weighted by atomic mass is 10.2. The molecule has 0 aliphatic rings. The lowest BCUT2D eigenvalue weighted by Gasteiger charge is -1.92. The molecule has 76 valence electrons. The summed E-state index contributed by atoms with van der Waals surface area (Å²) in [5.41, 5.74) is 2.27. The number of fused-ring (bicyclic) bond motifs is 1. The number of hydrogen-bond acceptors (Lipinski definition) is 1. The molecule has 0 N–H and O–H groups in total. The Bertz CT molecular complexity index is 528. The third kappa shape index (κ3) is 1.88. The van der Waals surface area contributed by atoms with E-state index in [1.54, 1.807) is 7.11 Å². The predicted molar refractivity (Wildman–Crippen MR) is 61.7 cm³/mol. The van der Waals surface area contributed by atoms with Gasteiger partial charge in [0.1, 0.15) is 6.61 Å². The molecule has 0 saturated heterocycles. The van der Waals surface area contributed by atoms with E-state index in [1.165, 1.54) is 10.9 Å². The summed E-state index contributed by atoms with van der Waals surface area (Å²) in [6.45, 7) is 0.475. The van der Waals surface area contributed by atoms with Crippen LogP contribution >= 0.6 is 0 Å². The van der Waals surface area contributed by atoms with Gasteiger partial charge in [0.15, 0.2) is 0 Å². The van der Waals surface area contributed by atoms with Crippen LogP contribution in [0.2, 0.25) is 0 Å². The van der Waals surface area contributed by atoms with E-state index < -0.39 is 0 Å². The summed E-state index contributed by atoms with van der Waals surface area (Å²) < 4.78 is 6.99. The number of nitrogens with zero attached hydrogens (tertiary/aromatic N) is 1. The van der Waals surface area contributed by atoms with Gasteiger partial charge in [-0.05, 0) is 6.07 Å². The van der Waals surface area contributed by atoms with Gasteiger partial charge in [-0.1, -0.05) is 30.0 Å². The minimum Gasteiger partial charge on any atom is -0.372 e. The van der Waals surface area contributed by atoms with Crippen LogP contribution in [-0.2, 0) is 11.8 Å². The van der Waals surface area contributed by atoms with Gasteiger partial charge < -0.3 is 9.30 Å². The molecule has 2 rings (SSSR count). The molecule has 2 aromatic rings. The number of methoxy groups -OCH3 is 1. The van der Waals surface area contributed by atoms with Crippen molar-refractivity contribution in [2.45, 2.75) is 0 Å². The molecular weight excluding hydrogens is 186 g/mol. The number of aryl methyl sites for hydroxylation is 1. The third-order valence-electron chi connectivity index (χ3n) is 2.34. The zero-order valence-corrected chi connectivity index (χ0v) is 8.95. The zero-order valence-electron chi connectivity index (χ0n) is 8.95. The highest BCUT2D eigenvalue weighted by molar-refractivity contribution is 5.86. The molecule has 0 spiro atoms. The molecule has 2 nitrogen and oxygen atoms in total. The van der Waals surface area contributed by atoms with Crippen LogP contribution in [0.1, 0.15) is 5.56 Å². The highest BCUT2D eigenvalue weighted by Gasteiger charge is 2.01. The molecule has 0 saturated carbocycles. The van der Waals surface area contributed by atoms with Crippen molar-refractivity contribution in [3.63, 3.8) is 0 Å². The van der Waals surface area contributed by atoms with Gasteiger partial charge in [-0.25, -0.2) is 0 Å². The average molecular weight is 199 g/mol. The van der Waals surface area contributed by atoms with Gasteiger partial charge in [-0.2, -0.15) is 0 Å². The maximum atomic E-state index is 4.90. The van der Waals surface area contributed by atoms with Crippen LogP contribution < -0.4 is 0 Å². The van der Waals surface area contributed by atoms with Crippen molar-refractivity contribution in [3.05, 3.63) is 36.0 Å². The monoisotopic (exact) mass is 199 g/mol. The molecule has 1 aromatic carbocycles. The summed E-state index contributed by atoms with van der Waals surface area (Å²) in [6.07, 6.45) is 2.05. The molecule has 0 unspecified atom stereocenters. The average Bonchev–Trinajstić information content (AvgIpc) is 2.58. The molecule has 1 aromatic heterocycles. The molecule has 0 amide bonds. The second kappa shape index (κ2) is 4.20. The van der Waals surface area contributed by atoms with Crippen molar-refractivity contribution in [3.8, 4) is 11.8 Å². The summed E-state index contributed by atoms with van der Waals surface area (Å²) in [5, 5.41) is 1.20. The summed E-state index contributed by atoms with van der Waals surface area (Å²) in [4.78, 5) is 0. The molecule has 1 heterocycles. The van der Waals surface area contributed by atoms with Gasteiger partial charge in [-0.15, -0.1) is 0 Å². The van der Waals surface area contributed by atoms with E-state index in [2.05, 4.69) is 28.5 Å². The quantitative estimate of drug-likeness (QED) is 0.642. The first-order chi connectivity index (χ1) is 7.33. The number of benzene rings is 1. The van der Waals surface area contributed by atoms with Crippen molar-refractivity contribution in [1.82, 2.24) is 4.57 Å². The summed E-state index contributed by atoms with van der Waals surface area (Å²) >= 11 is 0. The highest BCUT2D eigenvalue weighted by atomic mass is 16.5. The first-order valence-electron chi connectivity index (χ1n) is 4.85. The maximum Gasteiger partial charge on any atom is 0.107 e. The fourth-order valence-corrected chi connectivity index (χ4v) is 1.64. The van der Waals surface area contributed by atoms with Crippen LogP contribution in [0.3, 0.4) is 0 Å². The number of ether oxygens (including phenoxy) is 1. The normalized spacial score (nSPS) is 10.0. The van der Waals surface area contributed by atoms with Crippen LogP contribution in [0.4, 0.5) is 0 Å². The SMILES string of the molecule is COCC#Cc1cn(C)c2ccccc12. The second-order valence-electron chi connectivity index (χ2n) is 3.41. The molecule has 0 aliphatic heterocycles. The van der Waals surface area contributed by atoms with Crippen molar-refractivity contribution < 1.29 is 4.74 Å². The summed E-state index contributed by atoms with van der Waals surface area (Å²) in [7, 11) is 3.68. The summed E-state index contributed by atoms with van der Waals surface area (Å²) in [6, 6.07) is 8.25. The van der Waals surface area contributed by atoms with E-state index >= 15 is 0 Å². The molecule has 0 aliphatic carbocycles. The fourth-order valence-electron chi connectivity index (χ4n) is 1.64.